The summed E-state index contributed by atoms with van der Waals surface area (Å²) in [6.07, 6.45) is 3.43. The van der Waals surface area contributed by atoms with Crippen LogP contribution in [0.15, 0.2) is 72.0 Å². The van der Waals surface area contributed by atoms with Crippen molar-refractivity contribution in [3.05, 3.63) is 89.2 Å². The fourth-order valence-electron chi connectivity index (χ4n) is 2.67. The number of anilines is 1. The lowest BCUT2D eigenvalue weighted by Crippen LogP contribution is -2.36. The van der Waals surface area contributed by atoms with Crippen LogP contribution >= 0.6 is 0 Å². The number of rotatable bonds is 5. The van der Waals surface area contributed by atoms with Gasteiger partial charge in [-0.2, -0.15) is 0 Å². The van der Waals surface area contributed by atoms with E-state index in [2.05, 4.69) is 20.6 Å². The zero-order valence-electron chi connectivity index (χ0n) is 16.8. The number of benzene rings is 2. The molecule has 0 atom stereocenters. The molecule has 3 aromatic rings. The number of methoxy groups -OCH3 is 1. The van der Waals surface area contributed by atoms with Crippen molar-refractivity contribution in [3.63, 3.8) is 0 Å². The number of hydrogen-bond acceptors (Lipinski definition) is 4. The zero-order chi connectivity index (χ0) is 20.6. The normalized spacial score (nSPS) is 11.1. The Morgan fingerprint density at radius 2 is 1.83 bits per heavy atom. The Labute approximate surface area is 170 Å². The van der Waals surface area contributed by atoms with E-state index in [1.165, 1.54) is 0 Å². The third kappa shape index (κ3) is 5.65. The summed E-state index contributed by atoms with van der Waals surface area (Å²) in [6, 6.07) is 16.8. The molecule has 0 radical (unpaired) electrons. The van der Waals surface area contributed by atoms with E-state index in [0.717, 1.165) is 22.4 Å². The number of hydrogen-bond donors (Lipinski definition) is 2. The molecule has 2 aromatic carbocycles. The maximum absolute atomic E-state index is 12.8. The monoisotopic (exact) mass is 388 g/mol. The van der Waals surface area contributed by atoms with Crippen LogP contribution in [0.5, 0.6) is 5.75 Å². The van der Waals surface area contributed by atoms with Crippen molar-refractivity contribution in [1.29, 1.82) is 0 Å². The predicted octanol–water partition coefficient (Wildman–Crippen LogP) is 4.11. The van der Waals surface area contributed by atoms with Crippen molar-refractivity contribution >= 4 is 17.6 Å². The molecule has 1 aromatic heterocycles. The first-order valence-corrected chi connectivity index (χ1v) is 9.28. The second kappa shape index (κ2) is 9.50. The third-order valence-electron chi connectivity index (χ3n) is 4.50. The molecule has 0 saturated heterocycles. The van der Waals surface area contributed by atoms with Crippen LogP contribution in [0.3, 0.4) is 0 Å². The number of pyridine rings is 1. The van der Waals surface area contributed by atoms with Gasteiger partial charge in [0.25, 0.3) is 5.91 Å². The third-order valence-corrected chi connectivity index (χ3v) is 4.50. The van der Waals surface area contributed by atoms with Crippen LogP contribution in [-0.2, 0) is 6.54 Å². The van der Waals surface area contributed by atoms with E-state index in [-0.39, 0.29) is 5.91 Å². The van der Waals surface area contributed by atoms with Gasteiger partial charge in [0, 0.05) is 29.7 Å². The Hall–Kier alpha value is -3.67. The van der Waals surface area contributed by atoms with Gasteiger partial charge < -0.3 is 10.1 Å². The largest absolute Gasteiger partial charge is 0.497 e. The van der Waals surface area contributed by atoms with Crippen molar-refractivity contribution in [1.82, 2.24) is 10.3 Å². The first kappa shape index (κ1) is 20.1. The average molecular weight is 388 g/mol. The number of nitrogens with one attached hydrogen (secondary N) is 2. The standard InChI is InChI=1S/C23H24N4O2/c1-16-7-8-19(13-17(16)2)22(28)27-23(25-15-18-9-11-24-12-10-18)26-20-5-4-6-21(14-20)29-3/h4-14H,15H2,1-3H3,(H2,25,26,27,28). The SMILES string of the molecule is COc1cccc(NC(=NCc2ccncc2)NC(=O)c2ccc(C)c(C)c2)c1. The van der Waals surface area contributed by atoms with E-state index in [1.54, 1.807) is 19.5 Å². The fraction of sp³-hybridized carbons (Fsp3) is 0.174. The molecule has 1 heterocycles. The predicted molar refractivity (Wildman–Crippen MR) is 115 cm³/mol. The lowest BCUT2D eigenvalue weighted by Gasteiger charge is -2.13. The van der Waals surface area contributed by atoms with Gasteiger partial charge in [-0.1, -0.05) is 12.1 Å². The van der Waals surface area contributed by atoms with Gasteiger partial charge in [-0.3, -0.25) is 15.1 Å². The molecule has 6 nitrogen and oxygen atoms in total. The number of aryl methyl sites for hydroxylation is 2. The van der Waals surface area contributed by atoms with Gasteiger partial charge in [0.2, 0.25) is 5.96 Å². The number of aromatic nitrogens is 1. The minimum absolute atomic E-state index is 0.225. The molecular weight excluding hydrogens is 364 g/mol. The van der Waals surface area contributed by atoms with Crippen LogP contribution in [0, 0.1) is 13.8 Å². The summed E-state index contributed by atoms with van der Waals surface area (Å²) in [5.41, 5.74) is 4.54. The number of aliphatic imine (C=N–C) groups is 1. The van der Waals surface area contributed by atoms with Crippen molar-refractivity contribution < 1.29 is 9.53 Å². The number of carbonyl (C=O) groups excluding carboxylic acids is 1. The minimum Gasteiger partial charge on any atom is -0.497 e. The molecular formula is C23H24N4O2. The van der Waals surface area contributed by atoms with Gasteiger partial charge in [-0.15, -0.1) is 0 Å². The van der Waals surface area contributed by atoms with Gasteiger partial charge >= 0.3 is 0 Å². The molecule has 29 heavy (non-hydrogen) atoms. The molecule has 0 saturated carbocycles. The van der Waals surface area contributed by atoms with Gasteiger partial charge in [0.1, 0.15) is 5.75 Å². The van der Waals surface area contributed by atoms with Crippen LogP contribution in [-0.4, -0.2) is 24.0 Å². The molecule has 0 aliphatic carbocycles. The summed E-state index contributed by atoms with van der Waals surface area (Å²) in [4.78, 5) is 21.3. The van der Waals surface area contributed by atoms with E-state index >= 15 is 0 Å². The number of amides is 1. The summed E-state index contributed by atoms with van der Waals surface area (Å²) in [6.45, 7) is 4.41. The van der Waals surface area contributed by atoms with Gasteiger partial charge in [-0.05, 0) is 66.9 Å². The first-order chi connectivity index (χ1) is 14.0. The molecule has 0 spiro atoms. The lowest BCUT2D eigenvalue weighted by molar-refractivity contribution is 0.0977. The lowest BCUT2D eigenvalue weighted by atomic mass is 10.1. The van der Waals surface area contributed by atoms with Crippen LogP contribution in [0.1, 0.15) is 27.0 Å². The number of ether oxygens (including phenoxy) is 1. The molecule has 1 amide bonds. The molecule has 0 aliphatic rings. The first-order valence-electron chi connectivity index (χ1n) is 9.28. The van der Waals surface area contributed by atoms with Gasteiger partial charge in [0.05, 0.1) is 13.7 Å². The summed E-state index contributed by atoms with van der Waals surface area (Å²) in [5, 5.41) is 6.05. The molecule has 6 heteroatoms. The number of carbonyl (C=O) groups is 1. The summed E-state index contributed by atoms with van der Waals surface area (Å²) in [7, 11) is 1.61. The Morgan fingerprint density at radius 3 is 2.55 bits per heavy atom. The van der Waals surface area contributed by atoms with E-state index < -0.39 is 0 Å². The van der Waals surface area contributed by atoms with Crippen molar-refractivity contribution in [2.24, 2.45) is 4.99 Å². The summed E-state index contributed by atoms with van der Waals surface area (Å²) >= 11 is 0. The Balaban J connectivity index is 1.82. The van der Waals surface area contributed by atoms with Crippen LogP contribution < -0.4 is 15.4 Å². The average Bonchev–Trinajstić information content (AvgIpc) is 2.74. The zero-order valence-corrected chi connectivity index (χ0v) is 16.8. The molecule has 0 unspecified atom stereocenters. The highest BCUT2D eigenvalue weighted by Crippen LogP contribution is 2.17. The highest BCUT2D eigenvalue weighted by atomic mass is 16.5. The van der Waals surface area contributed by atoms with E-state index in [0.29, 0.717) is 23.8 Å². The fourth-order valence-corrected chi connectivity index (χ4v) is 2.67. The molecule has 3 rings (SSSR count). The minimum atomic E-state index is -0.225. The Morgan fingerprint density at radius 1 is 1.03 bits per heavy atom. The van der Waals surface area contributed by atoms with Crippen molar-refractivity contribution in [2.45, 2.75) is 20.4 Å². The van der Waals surface area contributed by atoms with Crippen molar-refractivity contribution in [2.75, 3.05) is 12.4 Å². The van der Waals surface area contributed by atoms with Crippen LogP contribution in [0.4, 0.5) is 5.69 Å². The van der Waals surface area contributed by atoms with Gasteiger partial charge in [0.15, 0.2) is 0 Å². The van der Waals surface area contributed by atoms with E-state index in [4.69, 9.17) is 4.74 Å². The quantitative estimate of drug-likeness (QED) is 0.510. The topological polar surface area (TPSA) is 75.6 Å². The van der Waals surface area contributed by atoms with Crippen LogP contribution in [0.25, 0.3) is 0 Å². The summed E-state index contributed by atoms with van der Waals surface area (Å²) < 4.78 is 5.27. The molecule has 0 aliphatic heterocycles. The number of nitrogens with zero attached hydrogens (tertiary/aromatic N) is 2. The van der Waals surface area contributed by atoms with Crippen LogP contribution in [0.2, 0.25) is 0 Å². The molecule has 2 N–H and O–H groups in total. The maximum atomic E-state index is 12.8. The van der Waals surface area contributed by atoms with Gasteiger partial charge in [-0.25, -0.2) is 4.99 Å². The Kier molecular flexibility index (Phi) is 6.58. The molecule has 0 fully saturated rings. The number of guanidine groups is 1. The highest BCUT2D eigenvalue weighted by Gasteiger charge is 2.11. The molecule has 148 valence electrons. The Bertz CT molecular complexity index is 1020. The highest BCUT2D eigenvalue weighted by molar-refractivity contribution is 6.10. The summed E-state index contributed by atoms with van der Waals surface area (Å²) in [5.74, 6) is 0.847. The van der Waals surface area contributed by atoms with E-state index in [9.17, 15) is 4.79 Å². The van der Waals surface area contributed by atoms with E-state index in [1.807, 2.05) is 68.4 Å². The van der Waals surface area contributed by atoms with Crippen molar-refractivity contribution in [3.8, 4) is 5.75 Å². The molecule has 0 bridgehead atoms. The second-order valence-electron chi connectivity index (χ2n) is 6.63. The second-order valence-corrected chi connectivity index (χ2v) is 6.63. The smallest absolute Gasteiger partial charge is 0.257 e. The maximum Gasteiger partial charge on any atom is 0.257 e.